The normalized spacial score (nSPS) is 11.8. The van der Waals surface area contributed by atoms with Crippen molar-refractivity contribution in [3.05, 3.63) is 30.3 Å². The molecule has 15 heavy (non-hydrogen) atoms. The van der Waals surface area contributed by atoms with Crippen LogP contribution in [-0.4, -0.2) is 12.6 Å². The van der Waals surface area contributed by atoms with Gasteiger partial charge in [0.1, 0.15) is 6.04 Å². The summed E-state index contributed by atoms with van der Waals surface area (Å²) in [6, 6.07) is 12.4. The molecule has 2 nitrogen and oxygen atoms in total. The summed E-state index contributed by atoms with van der Waals surface area (Å²) in [7, 11) is 0. The van der Waals surface area contributed by atoms with Crippen LogP contribution in [0, 0.1) is 11.3 Å². The number of hydrogen-bond donors (Lipinski definition) is 0. The molecule has 0 saturated carbocycles. The second-order valence-corrected chi connectivity index (χ2v) is 3.69. The molecule has 0 N–H and O–H groups in total. The average molecular weight is 202 g/mol. The van der Waals surface area contributed by atoms with Crippen LogP contribution in [0.4, 0.5) is 5.69 Å². The van der Waals surface area contributed by atoms with Crippen molar-refractivity contribution in [2.75, 3.05) is 11.4 Å². The van der Waals surface area contributed by atoms with E-state index < -0.39 is 0 Å². The van der Waals surface area contributed by atoms with Crippen molar-refractivity contribution in [2.24, 2.45) is 0 Å². The van der Waals surface area contributed by atoms with Gasteiger partial charge in [0, 0.05) is 12.2 Å². The highest BCUT2D eigenvalue weighted by molar-refractivity contribution is 5.48. The van der Waals surface area contributed by atoms with Gasteiger partial charge < -0.3 is 4.90 Å². The number of unbranched alkanes of at least 4 members (excludes halogenated alkanes) is 1. The number of rotatable bonds is 5. The van der Waals surface area contributed by atoms with E-state index in [1.165, 1.54) is 0 Å². The summed E-state index contributed by atoms with van der Waals surface area (Å²) >= 11 is 0. The number of para-hydroxylation sites is 1. The fourth-order valence-corrected chi connectivity index (χ4v) is 1.56. The molecule has 0 aliphatic carbocycles. The molecule has 1 atom stereocenters. The first kappa shape index (κ1) is 11.6. The van der Waals surface area contributed by atoms with E-state index in [0.29, 0.717) is 0 Å². The third kappa shape index (κ3) is 3.28. The Hall–Kier alpha value is -1.49. The molecule has 0 radical (unpaired) electrons. The number of hydrogen-bond acceptors (Lipinski definition) is 2. The summed E-state index contributed by atoms with van der Waals surface area (Å²) in [6.45, 7) is 5.07. The molecular weight excluding hydrogens is 184 g/mol. The van der Waals surface area contributed by atoms with E-state index in [1.807, 2.05) is 25.1 Å². The van der Waals surface area contributed by atoms with Crippen LogP contribution >= 0.6 is 0 Å². The van der Waals surface area contributed by atoms with Crippen LogP contribution < -0.4 is 4.90 Å². The SMILES string of the molecule is CCCCN(c1ccccc1)C(C)C#N. The molecular formula is C13H18N2. The third-order valence-corrected chi connectivity index (χ3v) is 2.49. The Kier molecular flexibility index (Phi) is 4.70. The summed E-state index contributed by atoms with van der Waals surface area (Å²) in [5.41, 5.74) is 1.14. The van der Waals surface area contributed by atoms with Crippen LogP contribution in [0.25, 0.3) is 0 Å². The molecule has 1 unspecified atom stereocenters. The molecule has 80 valence electrons. The lowest BCUT2D eigenvalue weighted by Crippen LogP contribution is -2.32. The standard InChI is InChI=1S/C13H18N2/c1-3-4-10-15(12(2)11-14)13-8-6-5-7-9-13/h5-9,12H,3-4,10H2,1-2H3. The van der Waals surface area contributed by atoms with Gasteiger partial charge in [0.15, 0.2) is 0 Å². The van der Waals surface area contributed by atoms with Crippen molar-refractivity contribution in [1.82, 2.24) is 0 Å². The predicted octanol–water partition coefficient (Wildman–Crippen LogP) is 3.21. The van der Waals surface area contributed by atoms with Crippen molar-refractivity contribution in [2.45, 2.75) is 32.7 Å². The fraction of sp³-hybridized carbons (Fsp3) is 0.462. The molecule has 1 aromatic carbocycles. The van der Waals surface area contributed by atoms with E-state index in [4.69, 9.17) is 5.26 Å². The molecule has 0 spiro atoms. The van der Waals surface area contributed by atoms with Crippen LogP contribution in [-0.2, 0) is 0 Å². The Morgan fingerprint density at radius 1 is 1.33 bits per heavy atom. The van der Waals surface area contributed by atoms with Crippen molar-refractivity contribution >= 4 is 5.69 Å². The topological polar surface area (TPSA) is 27.0 Å². The van der Waals surface area contributed by atoms with Crippen molar-refractivity contribution in [3.8, 4) is 6.07 Å². The molecule has 0 heterocycles. The van der Waals surface area contributed by atoms with E-state index in [-0.39, 0.29) is 6.04 Å². The maximum atomic E-state index is 8.97. The molecule has 0 saturated heterocycles. The summed E-state index contributed by atoms with van der Waals surface area (Å²) in [5.74, 6) is 0. The Bertz CT molecular complexity index is 313. The molecule has 0 bridgehead atoms. The van der Waals surface area contributed by atoms with Gasteiger partial charge in [-0.2, -0.15) is 5.26 Å². The first-order chi connectivity index (χ1) is 7.29. The van der Waals surface area contributed by atoms with Gasteiger partial charge in [-0.3, -0.25) is 0 Å². The third-order valence-electron chi connectivity index (χ3n) is 2.49. The van der Waals surface area contributed by atoms with Gasteiger partial charge in [-0.1, -0.05) is 31.5 Å². The summed E-state index contributed by atoms with van der Waals surface area (Å²) < 4.78 is 0. The lowest BCUT2D eigenvalue weighted by atomic mass is 10.2. The Morgan fingerprint density at radius 3 is 2.53 bits per heavy atom. The second kappa shape index (κ2) is 6.08. The molecule has 1 rings (SSSR count). The quantitative estimate of drug-likeness (QED) is 0.733. The van der Waals surface area contributed by atoms with Crippen LogP contribution in [0.15, 0.2) is 30.3 Å². The molecule has 0 aromatic heterocycles. The first-order valence-corrected chi connectivity index (χ1v) is 5.51. The van der Waals surface area contributed by atoms with E-state index >= 15 is 0 Å². The van der Waals surface area contributed by atoms with Gasteiger partial charge in [0.2, 0.25) is 0 Å². The smallest absolute Gasteiger partial charge is 0.114 e. The molecule has 0 fully saturated rings. The molecule has 1 aromatic rings. The maximum absolute atomic E-state index is 8.97. The minimum atomic E-state index is -0.0565. The molecule has 0 amide bonds. The zero-order valence-electron chi connectivity index (χ0n) is 9.48. The largest absolute Gasteiger partial charge is 0.356 e. The van der Waals surface area contributed by atoms with Gasteiger partial charge >= 0.3 is 0 Å². The monoisotopic (exact) mass is 202 g/mol. The van der Waals surface area contributed by atoms with Crippen LogP contribution in [0.5, 0.6) is 0 Å². The Morgan fingerprint density at radius 2 is 2.00 bits per heavy atom. The average Bonchev–Trinajstić information content (AvgIpc) is 2.30. The lowest BCUT2D eigenvalue weighted by Gasteiger charge is -2.26. The molecule has 0 aliphatic heterocycles. The minimum absolute atomic E-state index is 0.0565. The van der Waals surface area contributed by atoms with Crippen molar-refractivity contribution in [1.29, 1.82) is 5.26 Å². The van der Waals surface area contributed by atoms with Gasteiger partial charge in [-0.05, 0) is 25.5 Å². The van der Waals surface area contributed by atoms with Crippen LogP contribution in [0.1, 0.15) is 26.7 Å². The zero-order valence-corrected chi connectivity index (χ0v) is 9.48. The highest BCUT2D eigenvalue weighted by Gasteiger charge is 2.12. The van der Waals surface area contributed by atoms with Gasteiger partial charge in [-0.25, -0.2) is 0 Å². The Labute approximate surface area is 92.1 Å². The second-order valence-electron chi connectivity index (χ2n) is 3.69. The van der Waals surface area contributed by atoms with Gasteiger partial charge in [0.05, 0.1) is 6.07 Å². The Balaban J connectivity index is 2.77. The van der Waals surface area contributed by atoms with E-state index in [2.05, 4.69) is 30.0 Å². The summed E-state index contributed by atoms with van der Waals surface area (Å²) in [4.78, 5) is 2.16. The van der Waals surface area contributed by atoms with E-state index in [1.54, 1.807) is 0 Å². The van der Waals surface area contributed by atoms with Gasteiger partial charge in [-0.15, -0.1) is 0 Å². The number of anilines is 1. The summed E-state index contributed by atoms with van der Waals surface area (Å²) in [5, 5.41) is 8.97. The minimum Gasteiger partial charge on any atom is -0.356 e. The van der Waals surface area contributed by atoms with Crippen LogP contribution in [0.3, 0.4) is 0 Å². The number of nitriles is 1. The highest BCUT2D eigenvalue weighted by Crippen LogP contribution is 2.16. The number of benzene rings is 1. The summed E-state index contributed by atoms with van der Waals surface area (Å²) in [6.07, 6.45) is 2.28. The molecule has 0 aliphatic rings. The molecule has 2 heteroatoms. The van der Waals surface area contributed by atoms with Crippen molar-refractivity contribution < 1.29 is 0 Å². The number of nitrogens with zero attached hydrogens (tertiary/aromatic N) is 2. The highest BCUT2D eigenvalue weighted by atomic mass is 15.1. The zero-order chi connectivity index (χ0) is 11.1. The van der Waals surface area contributed by atoms with Crippen LogP contribution in [0.2, 0.25) is 0 Å². The lowest BCUT2D eigenvalue weighted by molar-refractivity contribution is 0.685. The maximum Gasteiger partial charge on any atom is 0.114 e. The van der Waals surface area contributed by atoms with Gasteiger partial charge in [0.25, 0.3) is 0 Å². The van der Waals surface area contributed by atoms with E-state index in [9.17, 15) is 0 Å². The predicted molar refractivity (Wildman–Crippen MR) is 63.8 cm³/mol. The fourth-order valence-electron chi connectivity index (χ4n) is 1.56. The first-order valence-electron chi connectivity index (χ1n) is 5.51. The van der Waals surface area contributed by atoms with E-state index in [0.717, 1.165) is 25.1 Å². The van der Waals surface area contributed by atoms with Crippen molar-refractivity contribution in [3.63, 3.8) is 0 Å².